The maximum atomic E-state index is 5.74. The lowest BCUT2D eigenvalue weighted by Crippen LogP contribution is -2.48. The zero-order valence-electron chi connectivity index (χ0n) is 18.8. The van der Waals surface area contributed by atoms with Gasteiger partial charge in [0.15, 0.2) is 5.96 Å². The summed E-state index contributed by atoms with van der Waals surface area (Å²) in [5.41, 5.74) is 1.27. The van der Waals surface area contributed by atoms with E-state index in [-0.39, 0.29) is 11.5 Å². The van der Waals surface area contributed by atoms with E-state index in [2.05, 4.69) is 71.1 Å². The second-order valence-corrected chi connectivity index (χ2v) is 10.6. The van der Waals surface area contributed by atoms with Gasteiger partial charge in [0.1, 0.15) is 0 Å². The van der Waals surface area contributed by atoms with Crippen molar-refractivity contribution in [2.45, 2.75) is 51.7 Å². The van der Waals surface area contributed by atoms with Gasteiger partial charge in [0, 0.05) is 55.3 Å². The van der Waals surface area contributed by atoms with Gasteiger partial charge in [-0.25, -0.2) is 4.98 Å². The highest BCUT2D eigenvalue weighted by Crippen LogP contribution is 2.26. The van der Waals surface area contributed by atoms with Crippen LogP contribution in [0.3, 0.4) is 0 Å². The Bertz CT molecular complexity index is 797. The van der Waals surface area contributed by atoms with Crippen LogP contribution in [0.15, 0.2) is 27.9 Å². The summed E-state index contributed by atoms with van der Waals surface area (Å²) < 4.78 is 5.74. The number of aliphatic imine (C=N–C) groups is 1. The molecule has 30 heavy (non-hydrogen) atoms. The van der Waals surface area contributed by atoms with E-state index in [1.807, 2.05) is 18.4 Å². The lowest BCUT2D eigenvalue weighted by molar-refractivity contribution is -0.0334. The number of rotatable bonds is 7. The number of hydrogen-bond donors (Lipinski definition) is 2. The molecule has 8 heteroatoms. The molecule has 2 N–H and O–H groups in total. The van der Waals surface area contributed by atoms with Crippen LogP contribution in [0.2, 0.25) is 0 Å². The average molecular weight is 450 g/mol. The van der Waals surface area contributed by atoms with Gasteiger partial charge in [0.2, 0.25) is 0 Å². The topological polar surface area (TPSA) is 61.8 Å². The summed E-state index contributed by atoms with van der Waals surface area (Å²) in [6.45, 7) is 13.1. The van der Waals surface area contributed by atoms with Gasteiger partial charge in [-0.3, -0.25) is 9.89 Å². The molecule has 1 aliphatic heterocycles. The van der Waals surface area contributed by atoms with Crippen LogP contribution in [0.1, 0.15) is 49.3 Å². The molecule has 1 saturated heterocycles. The summed E-state index contributed by atoms with van der Waals surface area (Å²) in [5, 5.41) is 12.5. The first-order valence-electron chi connectivity index (χ1n) is 10.6. The first-order valence-corrected chi connectivity index (χ1v) is 12.4. The average Bonchev–Trinajstić information content (AvgIpc) is 3.39. The maximum absolute atomic E-state index is 5.74. The predicted molar refractivity (Wildman–Crippen MR) is 128 cm³/mol. The lowest BCUT2D eigenvalue weighted by atomic mass is 9.93. The smallest absolute Gasteiger partial charge is 0.191 e. The van der Waals surface area contributed by atoms with Gasteiger partial charge in [-0.15, -0.1) is 22.7 Å². The predicted octanol–water partition coefficient (Wildman–Crippen LogP) is 3.67. The molecule has 0 radical (unpaired) electrons. The maximum Gasteiger partial charge on any atom is 0.191 e. The van der Waals surface area contributed by atoms with E-state index in [9.17, 15) is 0 Å². The Balaban J connectivity index is 1.52. The fourth-order valence-corrected chi connectivity index (χ4v) is 5.38. The number of hydrogen-bond acceptors (Lipinski definition) is 6. The van der Waals surface area contributed by atoms with Crippen molar-refractivity contribution in [1.82, 2.24) is 20.5 Å². The molecule has 2 unspecified atom stereocenters. The number of nitrogens with zero attached hydrogens (tertiary/aromatic N) is 3. The third kappa shape index (κ3) is 6.51. The van der Waals surface area contributed by atoms with Crippen LogP contribution < -0.4 is 10.6 Å². The molecular formula is C22H35N5OS2. The van der Waals surface area contributed by atoms with E-state index in [1.165, 1.54) is 15.6 Å². The Morgan fingerprint density at radius 1 is 1.37 bits per heavy atom. The van der Waals surface area contributed by atoms with E-state index in [0.29, 0.717) is 6.04 Å². The SMILES string of the molecule is CN=C(NCCc1nc(C(C)(C)C)cs1)NCC(c1cccs1)N1CCOC(C)C1. The number of ether oxygens (including phenoxy) is 1. The molecule has 0 bridgehead atoms. The van der Waals surface area contributed by atoms with Crippen LogP contribution in [-0.4, -0.2) is 61.8 Å². The summed E-state index contributed by atoms with van der Waals surface area (Å²) in [6, 6.07) is 4.68. The van der Waals surface area contributed by atoms with Crippen LogP contribution in [0.5, 0.6) is 0 Å². The molecule has 0 aliphatic carbocycles. The molecule has 3 rings (SSSR count). The Morgan fingerprint density at radius 3 is 2.83 bits per heavy atom. The van der Waals surface area contributed by atoms with Gasteiger partial charge in [-0.1, -0.05) is 26.8 Å². The van der Waals surface area contributed by atoms with Crippen molar-refractivity contribution in [3.63, 3.8) is 0 Å². The van der Waals surface area contributed by atoms with Crippen molar-refractivity contribution in [2.24, 2.45) is 4.99 Å². The summed E-state index contributed by atoms with van der Waals surface area (Å²) in [7, 11) is 1.83. The summed E-state index contributed by atoms with van der Waals surface area (Å²) in [4.78, 5) is 13.1. The van der Waals surface area contributed by atoms with Crippen molar-refractivity contribution in [1.29, 1.82) is 0 Å². The number of guanidine groups is 1. The second-order valence-electron chi connectivity index (χ2n) is 8.71. The van der Waals surface area contributed by atoms with E-state index in [0.717, 1.165) is 45.2 Å². The summed E-state index contributed by atoms with van der Waals surface area (Å²) >= 11 is 3.56. The number of nitrogens with one attached hydrogen (secondary N) is 2. The van der Waals surface area contributed by atoms with Crippen LogP contribution in [0.4, 0.5) is 0 Å². The minimum absolute atomic E-state index is 0.105. The molecule has 2 aromatic rings. The summed E-state index contributed by atoms with van der Waals surface area (Å²) in [5.74, 6) is 0.838. The quantitative estimate of drug-likeness (QED) is 0.499. The standard InChI is InChI=1S/C22H35N5OS2/c1-16-14-27(10-11-28-16)17(18-7-6-12-29-18)13-25-21(23-5)24-9-8-20-26-19(15-30-20)22(2,3)4/h6-7,12,15-17H,8-11,13-14H2,1-5H3,(H2,23,24,25). The number of aromatic nitrogens is 1. The number of thiophene rings is 1. The molecule has 0 saturated carbocycles. The van der Waals surface area contributed by atoms with E-state index >= 15 is 0 Å². The molecule has 0 spiro atoms. The van der Waals surface area contributed by atoms with Gasteiger partial charge in [0.25, 0.3) is 0 Å². The molecule has 1 aliphatic rings. The Hall–Kier alpha value is -1.48. The van der Waals surface area contributed by atoms with Crippen molar-refractivity contribution in [2.75, 3.05) is 39.8 Å². The van der Waals surface area contributed by atoms with Gasteiger partial charge in [-0.2, -0.15) is 0 Å². The molecule has 3 heterocycles. The zero-order chi connectivity index (χ0) is 21.6. The van der Waals surface area contributed by atoms with E-state index in [1.54, 1.807) is 11.3 Å². The highest BCUT2D eigenvalue weighted by atomic mass is 32.1. The molecular weight excluding hydrogens is 414 g/mol. The van der Waals surface area contributed by atoms with E-state index < -0.39 is 0 Å². The normalized spacial score (nSPS) is 19.6. The number of morpholine rings is 1. The molecule has 0 aromatic carbocycles. The first kappa shape index (κ1) is 23.2. The van der Waals surface area contributed by atoms with Crippen molar-refractivity contribution >= 4 is 28.6 Å². The van der Waals surface area contributed by atoms with Crippen molar-refractivity contribution < 1.29 is 4.74 Å². The first-order chi connectivity index (χ1) is 14.4. The molecule has 6 nitrogen and oxygen atoms in total. The van der Waals surface area contributed by atoms with Gasteiger partial charge in [-0.05, 0) is 18.4 Å². The fourth-order valence-electron chi connectivity index (χ4n) is 3.49. The van der Waals surface area contributed by atoms with Crippen LogP contribution in [0, 0.1) is 0 Å². The molecule has 2 atom stereocenters. The largest absolute Gasteiger partial charge is 0.376 e. The lowest BCUT2D eigenvalue weighted by Gasteiger charge is -2.37. The Kier molecular flexibility index (Phi) is 8.27. The van der Waals surface area contributed by atoms with Gasteiger partial charge >= 0.3 is 0 Å². The van der Waals surface area contributed by atoms with E-state index in [4.69, 9.17) is 9.72 Å². The molecule has 166 valence electrons. The minimum Gasteiger partial charge on any atom is -0.376 e. The van der Waals surface area contributed by atoms with Gasteiger partial charge in [0.05, 0.1) is 29.5 Å². The number of thiazole rings is 1. The third-order valence-corrected chi connectivity index (χ3v) is 7.10. The monoisotopic (exact) mass is 449 g/mol. The van der Waals surface area contributed by atoms with Gasteiger partial charge < -0.3 is 15.4 Å². The zero-order valence-corrected chi connectivity index (χ0v) is 20.4. The van der Waals surface area contributed by atoms with Crippen molar-refractivity contribution in [3.05, 3.63) is 38.5 Å². The second kappa shape index (κ2) is 10.7. The van der Waals surface area contributed by atoms with Crippen molar-refractivity contribution in [3.8, 4) is 0 Å². The summed E-state index contributed by atoms with van der Waals surface area (Å²) in [6.07, 6.45) is 1.17. The molecule has 1 fully saturated rings. The highest BCUT2D eigenvalue weighted by Gasteiger charge is 2.26. The molecule has 2 aromatic heterocycles. The Labute approximate surface area is 188 Å². The minimum atomic E-state index is 0.105. The Morgan fingerprint density at radius 2 is 2.20 bits per heavy atom. The fraction of sp³-hybridized carbons (Fsp3) is 0.636. The van der Waals surface area contributed by atoms with Crippen LogP contribution in [0.25, 0.3) is 0 Å². The van der Waals surface area contributed by atoms with Crippen LogP contribution in [-0.2, 0) is 16.6 Å². The highest BCUT2D eigenvalue weighted by molar-refractivity contribution is 7.10. The van der Waals surface area contributed by atoms with Crippen LogP contribution >= 0.6 is 22.7 Å². The molecule has 0 amide bonds. The third-order valence-electron chi connectivity index (χ3n) is 5.22.